The monoisotopic (exact) mass is 294 g/mol. The minimum atomic E-state index is -0.148. The summed E-state index contributed by atoms with van der Waals surface area (Å²) < 4.78 is 5.19. The molecule has 0 aromatic heterocycles. The van der Waals surface area contributed by atoms with E-state index >= 15 is 0 Å². The number of benzene rings is 1. The summed E-state index contributed by atoms with van der Waals surface area (Å²) in [7, 11) is 1.57. The molecule has 1 amide bonds. The van der Waals surface area contributed by atoms with Gasteiger partial charge in [-0.15, -0.1) is 0 Å². The van der Waals surface area contributed by atoms with E-state index in [1.807, 2.05) is 12.1 Å². The van der Waals surface area contributed by atoms with Crippen molar-refractivity contribution in [3.63, 3.8) is 0 Å². The van der Waals surface area contributed by atoms with Crippen LogP contribution in [0.5, 0.6) is 5.75 Å². The molecule has 1 rings (SSSR count). The van der Waals surface area contributed by atoms with Crippen LogP contribution in [-0.4, -0.2) is 37.8 Å². The van der Waals surface area contributed by atoms with Crippen molar-refractivity contribution in [2.45, 2.75) is 26.7 Å². The number of anilines is 1. The Hall–Kier alpha value is -1.59. The molecule has 0 saturated carbocycles. The molecule has 0 radical (unpaired) electrons. The van der Waals surface area contributed by atoms with Crippen molar-refractivity contribution in [3.8, 4) is 5.75 Å². The Labute approximate surface area is 126 Å². The average Bonchev–Trinajstić information content (AvgIpc) is 2.52. The van der Waals surface area contributed by atoms with Gasteiger partial charge < -0.3 is 20.5 Å². The van der Waals surface area contributed by atoms with Crippen LogP contribution < -0.4 is 15.4 Å². The molecule has 118 valence electrons. The van der Waals surface area contributed by atoms with E-state index in [1.165, 1.54) is 0 Å². The van der Waals surface area contributed by atoms with Gasteiger partial charge in [-0.1, -0.05) is 26.0 Å². The number of amides is 1. The maximum atomic E-state index is 11.9. The highest BCUT2D eigenvalue weighted by Gasteiger charge is 2.24. The second kappa shape index (κ2) is 8.64. The molecule has 0 aliphatic carbocycles. The lowest BCUT2D eigenvalue weighted by atomic mass is 9.83. The van der Waals surface area contributed by atoms with Gasteiger partial charge in [0.15, 0.2) is 0 Å². The van der Waals surface area contributed by atoms with E-state index in [0.29, 0.717) is 18.0 Å². The lowest BCUT2D eigenvalue weighted by Gasteiger charge is -2.29. The first-order chi connectivity index (χ1) is 10.1. The number of para-hydroxylation sites is 2. The van der Waals surface area contributed by atoms with Crippen molar-refractivity contribution in [2.24, 2.45) is 5.41 Å². The van der Waals surface area contributed by atoms with E-state index in [4.69, 9.17) is 4.74 Å². The van der Waals surface area contributed by atoms with E-state index in [0.717, 1.165) is 12.8 Å². The number of hydrogen-bond acceptors (Lipinski definition) is 4. The number of methoxy groups -OCH3 is 1. The van der Waals surface area contributed by atoms with Crippen LogP contribution in [0.1, 0.15) is 26.7 Å². The number of rotatable bonds is 9. The van der Waals surface area contributed by atoms with Gasteiger partial charge in [0.1, 0.15) is 5.75 Å². The summed E-state index contributed by atoms with van der Waals surface area (Å²) in [6.45, 7) is 5.06. The van der Waals surface area contributed by atoms with Crippen LogP contribution in [0, 0.1) is 5.41 Å². The molecule has 5 nitrogen and oxygen atoms in total. The Bertz CT molecular complexity index is 437. The SMILES string of the molecule is CCC(CC)(CO)CNCC(=O)Nc1ccccc1OC. The summed E-state index contributed by atoms with van der Waals surface area (Å²) in [4.78, 5) is 11.9. The van der Waals surface area contributed by atoms with Gasteiger partial charge in [0.2, 0.25) is 5.91 Å². The zero-order valence-electron chi connectivity index (χ0n) is 13.1. The molecule has 0 unspecified atom stereocenters. The number of carbonyl (C=O) groups excluding carboxylic acids is 1. The van der Waals surface area contributed by atoms with Gasteiger partial charge >= 0.3 is 0 Å². The van der Waals surface area contributed by atoms with Gasteiger partial charge in [0.25, 0.3) is 0 Å². The Balaban J connectivity index is 2.48. The number of ether oxygens (including phenoxy) is 1. The van der Waals surface area contributed by atoms with Gasteiger partial charge in [-0.3, -0.25) is 4.79 Å². The highest BCUT2D eigenvalue weighted by Crippen LogP contribution is 2.24. The molecule has 0 aliphatic rings. The smallest absolute Gasteiger partial charge is 0.238 e. The largest absolute Gasteiger partial charge is 0.495 e. The van der Waals surface area contributed by atoms with E-state index in [2.05, 4.69) is 24.5 Å². The first-order valence-corrected chi connectivity index (χ1v) is 7.35. The number of hydrogen-bond donors (Lipinski definition) is 3. The fourth-order valence-electron chi connectivity index (χ4n) is 2.16. The Kier molecular flexibility index (Phi) is 7.19. The maximum absolute atomic E-state index is 11.9. The lowest BCUT2D eigenvalue weighted by molar-refractivity contribution is -0.115. The molecule has 0 saturated heterocycles. The van der Waals surface area contributed by atoms with Crippen molar-refractivity contribution in [1.82, 2.24) is 5.32 Å². The first-order valence-electron chi connectivity index (χ1n) is 7.35. The average molecular weight is 294 g/mol. The van der Waals surface area contributed by atoms with Crippen LogP contribution in [0.3, 0.4) is 0 Å². The summed E-state index contributed by atoms with van der Waals surface area (Å²) in [5, 5.41) is 15.4. The molecular formula is C16H26N2O3. The van der Waals surface area contributed by atoms with Gasteiger partial charge in [0, 0.05) is 18.6 Å². The summed E-state index contributed by atoms with van der Waals surface area (Å²) in [6, 6.07) is 7.29. The summed E-state index contributed by atoms with van der Waals surface area (Å²) in [5.74, 6) is 0.510. The third kappa shape index (κ3) is 5.02. The minimum Gasteiger partial charge on any atom is -0.495 e. The summed E-state index contributed by atoms with van der Waals surface area (Å²) in [5.41, 5.74) is 0.510. The Morgan fingerprint density at radius 3 is 2.52 bits per heavy atom. The van der Waals surface area contributed by atoms with Gasteiger partial charge in [-0.2, -0.15) is 0 Å². The Morgan fingerprint density at radius 2 is 1.95 bits per heavy atom. The molecule has 0 spiro atoms. The Morgan fingerprint density at radius 1 is 1.29 bits per heavy atom. The van der Waals surface area contributed by atoms with Gasteiger partial charge in [-0.25, -0.2) is 0 Å². The van der Waals surface area contributed by atoms with Crippen LogP contribution in [0.15, 0.2) is 24.3 Å². The summed E-state index contributed by atoms with van der Waals surface area (Å²) >= 11 is 0. The van der Waals surface area contributed by atoms with E-state index in [1.54, 1.807) is 19.2 Å². The molecular weight excluding hydrogens is 268 g/mol. The van der Waals surface area contributed by atoms with E-state index < -0.39 is 0 Å². The quantitative estimate of drug-likeness (QED) is 0.651. The third-order valence-electron chi connectivity index (χ3n) is 4.00. The minimum absolute atomic E-state index is 0.126. The fourth-order valence-corrected chi connectivity index (χ4v) is 2.16. The predicted molar refractivity (Wildman–Crippen MR) is 84.6 cm³/mol. The third-order valence-corrected chi connectivity index (χ3v) is 4.00. The highest BCUT2D eigenvalue weighted by molar-refractivity contribution is 5.93. The normalized spacial score (nSPS) is 11.2. The number of aliphatic hydroxyl groups is 1. The molecule has 1 aromatic rings. The highest BCUT2D eigenvalue weighted by atomic mass is 16.5. The summed E-state index contributed by atoms with van der Waals surface area (Å²) in [6.07, 6.45) is 1.75. The molecule has 0 aliphatic heterocycles. The van der Waals surface area contributed by atoms with Crippen molar-refractivity contribution in [3.05, 3.63) is 24.3 Å². The van der Waals surface area contributed by atoms with Crippen molar-refractivity contribution < 1.29 is 14.6 Å². The molecule has 0 atom stereocenters. The van der Waals surface area contributed by atoms with Crippen molar-refractivity contribution in [1.29, 1.82) is 0 Å². The molecule has 21 heavy (non-hydrogen) atoms. The van der Waals surface area contributed by atoms with Gasteiger partial charge in [-0.05, 0) is 25.0 Å². The number of aliphatic hydroxyl groups excluding tert-OH is 1. The predicted octanol–water partition coefficient (Wildman–Crippen LogP) is 2.02. The topological polar surface area (TPSA) is 70.6 Å². The van der Waals surface area contributed by atoms with Crippen LogP contribution in [0.2, 0.25) is 0 Å². The standard InChI is InChI=1S/C16H26N2O3/c1-4-16(5-2,12-19)11-17-10-15(20)18-13-8-6-7-9-14(13)21-3/h6-9,17,19H,4-5,10-12H2,1-3H3,(H,18,20). The molecule has 0 heterocycles. The molecule has 1 aromatic carbocycles. The van der Waals surface area contributed by atoms with Crippen molar-refractivity contribution >= 4 is 11.6 Å². The fraction of sp³-hybridized carbons (Fsp3) is 0.562. The molecule has 5 heteroatoms. The van der Waals surface area contributed by atoms with Crippen LogP contribution in [-0.2, 0) is 4.79 Å². The van der Waals surface area contributed by atoms with Crippen molar-refractivity contribution in [2.75, 3.05) is 32.1 Å². The van der Waals surface area contributed by atoms with Crippen LogP contribution in [0.25, 0.3) is 0 Å². The van der Waals surface area contributed by atoms with Gasteiger partial charge in [0.05, 0.1) is 19.3 Å². The molecule has 0 fully saturated rings. The second-order valence-electron chi connectivity index (χ2n) is 5.22. The molecule has 0 bridgehead atoms. The number of nitrogens with one attached hydrogen (secondary N) is 2. The number of carbonyl (C=O) groups is 1. The molecule has 3 N–H and O–H groups in total. The lowest BCUT2D eigenvalue weighted by Crippen LogP contribution is -2.39. The zero-order valence-corrected chi connectivity index (χ0v) is 13.1. The van der Waals surface area contributed by atoms with E-state index in [9.17, 15) is 9.90 Å². The maximum Gasteiger partial charge on any atom is 0.238 e. The zero-order chi connectivity index (χ0) is 15.7. The van der Waals surface area contributed by atoms with E-state index in [-0.39, 0.29) is 24.5 Å². The van der Waals surface area contributed by atoms with Crippen LogP contribution in [0.4, 0.5) is 5.69 Å². The first kappa shape index (κ1) is 17.5. The second-order valence-corrected chi connectivity index (χ2v) is 5.22. The van der Waals surface area contributed by atoms with Crippen LogP contribution >= 0.6 is 0 Å².